The van der Waals surface area contributed by atoms with Crippen molar-refractivity contribution in [2.75, 3.05) is 13.1 Å². The number of halogens is 4. The summed E-state index contributed by atoms with van der Waals surface area (Å²) in [5.41, 5.74) is 5.76. The first-order valence-corrected chi connectivity index (χ1v) is 6.30. The molecule has 102 valence electrons. The Morgan fingerprint density at radius 3 is 2.22 bits per heavy atom. The van der Waals surface area contributed by atoms with Crippen molar-refractivity contribution in [1.29, 1.82) is 0 Å². The quantitative estimate of drug-likeness (QED) is 0.874. The number of nitrogens with one attached hydrogen (secondary N) is 1. The predicted molar refractivity (Wildman–Crippen MR) is 69.4 cm³/mol. The van der Waals surface area contributed by atoms with Gasteiger partial charge in [-0.25, -0.2) is 0 Å². The normalized spacial score (nSPS) is 15.4. The number of hydrogen-bond acceptors (Lipinski definition) is 2. The molecule has 0 aliphatic carbocycles. The van der Waals surface area contributed by atoms with Crippen LogP contribution in [0.25, 0.3) is 0 Å². The van der Waals surface area contributed by atoms with Gasteiger partial charge in [-0.1, -0.05) is 28.1 Å². The van der Waals surface area contributed by atoms with E-state index in [1.807, 2.05) is 24.3 Å². The van der Waals surface area contributed by atoms with Gasteiger partial charge in [0.1, 0.15) is 0 Å². The van der Waals surface area contributed by atoms with Gasteiger partial charge in [0.15, 0.2) is 0 Å². The largest absolute Gasteiger partial charge is 0.401 e. The minimum Gasteiger partial charge on any atom is -0.329 e. The van der Waals surface area contributed by atoms with Crippen LogP contribution in [0.1, 0.15) is 12.5 Å². The van der Waals surface area contributed by atoms with E-state index in [1.54, 1.807) is 6.92 Å². The van der Waals surface area contributed by atoms with Crippen molar-refractivity contribution in [3.8, 4) is 0 Å². The van der Waals surface area contributed by atoms with Crippen LogP contribution in [0.5, 0.6) is 0 Å². The molecule has 2 nitrogen and oxygen atoms in total. The fourth-order valence-electron chi connectivity index (χ4n) is 1.57. The third kappa shape index (κ3) is 5.37. The van der Waals surface area contributed by atoms with Gasteiger partial charge >= 0.3 is 6.18 Å². The summed E-state index contributed by atoms with van der Waals surface area (Å²) in [7, 11) is 0. The van der Waals surface area contributed by atoms with Gasteiger partial charge in [-0.05, 0) is 31.0 Å². The van der Waals surface area contributed by atoms with Gasteiger partial charge in [0.05, 0.1) is 6.54 Å². The van der Waals surface area contributed by atoms with E-state index in [0.29, 0.717) is 6.42 Å². The molecule has 0 aliphatic heterocycles. The van der Waals surface area contributed by atoms with Gasteiger partial charge in [-0.2, -0.15) is 13.2 Å². The second-order valence-electron chi connectivity index (χ2n) is 4.54. The second-order valence-corrected chi connectivity index (χ2v) is 5.45. The lowest BCUT2D eigenvalue weighted by Crippen LogP contribution is -2.53. The molecule has 0 saturated carbocycles. The molecule has 18 heavy (non-hydrogen) atoms. The molecular weight excluding hydrogens is 309 g/mol. The summed E-state index contributed by atoms with van der Waals surface area (Å²) in [6, 6.07) is 7.45. The van der Waals surface area contributed by atoms with Crippen LogP contribution in [0, 0.1) is 0 Å². The molecule has 0 spiro atoms. The van der Waals surface area contributed by atoms with Gasteiger partial charge in [0.25, 0.3) is 0 Å². The standard InChI is InChI=1S/C12H16BrF3N2/c1-11(7-17,18-8-12(14,15)16)6-9-2-4-10(13)5-3-9/h2-5,18H,6-8,17H2,1H3. The zero-order valence-electron chi connectivity index (χ0n) is 10.0. The zero-order chi connectivity index (χ0) is 13.8. The van der Waals surface area contributed by atoms with Gasteiger partial charge in [0, 0.05) is 16.6 Å². The molecule has 6 heteroatoms. The number of nitrogens with two attached hydrogens (primary N) is 1. The van der Waals surface area contributed by atoms with Crippen molar-refractivity contribution in [2.24, 2.45) is 5.73 Å². The molecule has 1 rings (SSSR count). The summed E-state index contributed by atoms with van der Waals surface area (Å²) in [6.07, 6.45) is -3.77. The van der Waals surface area contributed by atoms with Crippen LogP contribution in [-0.4, -0.2) is 24.8 Å². The molecule has 1 unspecified atom stereocenters. The Hall–Kier alpha value is -0.590. The lowest BCUT2D eigenvalue weighted by molar-refractivity contribution is -0.128. The SMILES string of the molecule is CC(CN)(Cc1ccc(Br)cc1)NCC(F)(F)F. The second kappa shape index (κ2) is 6.04. The molecule has 0 saturated heterocycles. The Labute approximate surface area is 113 Å². The third-order valence-corrected chi connectivity index (χ3v) is 3.20. The minimum atomic E-state index is -4.23. The number of benzene rings is 1. The summed E-state index contributed by atoms with van der Waals surface area (Å²) >= 11 is 3.31. The predicted octanol–water partition coefficient (Wildman–Crippen LogP) is 2.86. The number of alkyl halides is 3. The molecule has 0 radical (unpaired) electrons. The Balaban J connectivity index is 2.67. The van der Waals surface area contributed by atoms with E-state index < -0.39 is 18.3 Å². The topological polar surface area (TPSA) is 38.0 Å². The summed E-state index contributed by atoms with van der Waals surface area (Å²) in [5, 5.41) is 2.49. The minimum absolute atomic E-state index is 0.138. The highest BCUT2D eigenvalue weighted by molar-refractivity contribution is 9.10. The van der Waals surface area contributed by atoms with E-state index in [1.165, 1.54) is 0 Å². The fourth-order valence-corrected chi connectivity index (χ4v) is 1.84. The first kappa shape index (κ1) is 15.5. The van der Waals surface area contributed by atoms with E-state index >= 15 is 0 Å². The Morgan fingerprint density at radius 2 is 1.78 bits per heavy atom. The lowest BCUT2D eigenvalue weighted by atomic mass is 9.93. The average Bonchev–Trinajstić information content (AvgIpc) is 2.29. The number of rotatable bonds is 5. The van der Waals surface area contributed by atoms with Crippen LogP contribution >= 0.6 is 15.9 Å². The maximum Gasteiger partial charge on any atom is 0.401 e. The molecule has 3 N–H and O–H groups in total. The molecule has 1 aromatic carbocycles. The molecule has 1 aromatic rings. The van der Waals surface area contributed by atoms with Gasteiger partial charge in [-0.3, -0.25) is 0 Å². The smallest absolute Gasteiger partial charge is 0.329 e. The molecule has 0 aromatic heterocycles. The van der Waals surface area contributed by atoms with Crippen LogP contribution in [-0.2, 0) is 6.42 Å². The number of hydrogen-bond donors (Lipinski definition) is 2. The maximum atomic E-state index is 12.2. The highest BCUT2D eigenvalue weighted by Gasteiger charge is 2.32. The van der Waals surface area contributed by atoms with Crippen molar-refractivity contribution in [3.05, 3.63) is 34.3 Å². The molecule has 0 aliphatic rings. The molecule has 0 bridgehead atoms. The molecule has 0 fully saturated rings. The summed E-state index contributed by atoms with van der Waals surface area (Å²) in [4.78, 5) is 0. The Bertz CT molecular complexity index is 378. The van der Waals surface area contributed by atoms with E-state index in [-0.39, 0.29) is 6.54 Å². The Kier molecular flexibility index (Phi) is 5.19. The van der Waals surface area contributed by atoms with E-state index in [0.717, 1.165) is 10.0 Å². The summed E-state index contributed by atoms with van der Waals surface area (Å²) < 4.78 is 37.5. The van der Waals surface area contributed by atoms with Crippen molar-refractivity contribution < 1.29 is 13.2 Å². The fraction of sp³-hybridized carbons (Fsp3) is 0.500. The van der Waals surface area contributed by atoms with Crippen LogP contribution < -0.4 is 11.1 Å². The van der Waals surface area contributed by atoms with Gasteiger partial charge in [-0.15, -0.1) is 0 Å². The highest BCUT2D eigenvalue weighted by atomic mass is 79.9. The average molecular weight is 325 g/mol. The van der Waals surface area contributed by atoms with Crippen LogP contribution in [0.2, 0.25) is 0 Å². The molecule has 0 amide bonds. The molecule has 0 heterocycles. The van der Waals surface area contributed by atoms with Crippen molar-refractivity contribution in [1.82, 2.24) is 5.32 Å². The van der Waals surface area contributed by atoms with E-state index in [9.17, 15) is 13.2 Å². The third-order valence-electron chi connectivity index (χ3n) is 2.67. The van der Waals surface area contributed by atoms with Crippen LogP contribution in [0.15, 0.2) is 28.7 Å². The van der Waals surface area contributed by atoms with Gasteiger partial charge in [0.2, 0.25) is 0 Å². The first-order valence-electron chi connectivity index (χ1n) is 5.50. The zero-order valence-corrected chi connectivity index (χ0v) is 11.6. The van der Waals surface area contributed by atoms with Crippen LogP contribution in [0.3, 0.4) is 0 Å². The van der Waals surface area contributed by atoms with Crippen LogP contribution in [0.4, 0.5) is 13.2 Å². The van der Waals surface area contributed by atoms with Crippen molar-refractivity contribution in [3.63, 3.8) is 0 Å². The van der Waals surface area contributed by atoms with Gasteiger partial charge < -0.3 is 11.1 Å². The van der Waals surface area contributed by atoms with E-state index in [2.05, 4.69) is 21.2 Å². The van der Waals surface area contributed by atoms with E-state index in [4.69, 9.17) is 5.73 Å². The summed E-state index contributed by atoms with van der Waals surface area (Å²) in [6.45, 7) is 0.803. The summed E-state index contributed by atoms with van der Waals surface area (Å²) in [5.74, 6) is 0. The lowest BCUT2D eigenvalue weighted by Gasteiger charge is -2.30. The van der Waals surface area contributed by atoms with Crippen molar-refractivity contribution in [2.45, 2.75) is 25.1 Å². The maximum absolute atomic E-state index is 12.2. The first-order chi connectivity index (χ1) is 8.24. The Morgan fingerprint density at radius 1 is 1.22 bits per heavy atom. The molecular formula is C12H16BrF3N2. The van der Waals surface area contributed by atoms with Crippen molar-refractivity contribution >= 4 is 15.9 Å². The molecule has 1 atom stereocenters. The highest BCUT2D eigenvalue weighted by Crippen LogP contribution is 2.18. The monoisotopic (exact) mass is 324 g/mol.